The quantitative estimate of drug-likeness (QED) is 0.912. The molecule has 2 heterocycles. The molecule has 0 aromatic heterocycles. The summed E-state index contributed by atoms with van der Waals surface area (Å²) in [5.41, 5.74) is 0. The maximum atomic E-state index is 13.4. The van der Waals surface area contributed by atoms with Gasteiger partial charge in [-0.1, -0.05) is 12.1 Å². The van der Waals surface area contributed by atoms with E-state index in [1.807, 2.05) is 6.07 Å². The van der Waals surface area contributed by atoms with E-state index in [-0.39, 0.29) is 18.2 Å². The third-order valence-electron chi connectivity index (χ3n) is 3.88. The summed E-state index contributed by atoms with van der Waals surface area (Å²) in [6, 6.07) is 7.98. The minimum atomic E-state index is -0.260. The summed E-state index contributed by atoms with van der Waals surface area (Å²) in [4.78, 5) is 0. The van der Waals surface area contributed by atoms with Crippen LogP contribution in [0.3, 0.4) is 0 Å². The molecule has 2 saturated heterocycles. The van der Waals surface area contributed by atoms with Crippen LogP contribution in [0, 0.1) is 11.7 Å². The third-order valence-corrected chi connectivity index (χ3v) is 3.88. The molecule has 0 radical (unpaired) electrons. The first kappa shape index (κ1) is 13.6. The molecule has 4 heteroatoms. The van der Waals surface area contributed by atoms with Crippen molar-refractivity contribution in [3.63, 3.8) is 0 Å². The van der Waals surface area contributed by atoms with Crippen molar-refractivity contribution < 1.29 is 9.13 Å². The molecule has 2 aliphatic heterocycles. The van der Waals surface area contributed by atoms with Crippen LogP contribution in [0.5, 0.6) is 5.75 Å². The molecule has 0 saturated carbocycles. The van der Waals surface area contributed by atoms with Gasteiger partial charge < -0.3 is 10.1 Å². The summed E-state index contributed by atoms with van der Waals surface area (Å²) < 4.78 is 19.0. The zero-order valence-corrected chi connectivity index (χ0v) is 11.1. The van der Waals surface area contributed by atoms with E-state index in [1.54, 1.807) is 12.1 Å². The van der Waals surface area contributed by atoms with Crippen LogP contribution in [-0.4, -0.2) is 18.7 Å². The average Bonchev–Trinajstić information content (AvgIpc) is 2.68. The van der Waals surface area contributed by atoms with Crippen molar-refractivity contribution in [1.82, 2.24) is 5.32 Å². The second-order valence-corrected chi connectivity index (χ2v) is 5.22. The van der Waals surface area contributed by atoms with Gasteiger partial charge in [0.25, 0.3) is 0 Å². The van der Waals surface area contributed by atoms with Crippen LogP contribution >= 0.6 is 12.4 Å². The number of ether oxygens (including phenoxy) is 1. The molecule has 2 nitrogen and oxygen atoms in total. The van der Waals surface area contributed by atoms with E-state index in [1.165, 1.54) is 31.7 Å². The van der Waals surface area contributed by atoms with Gasteiger partial charge in [-0.25, -0.2) is 4.39 Å². The maximum Gasteiger partial charge on any atom is 0.165 e. The highest BCUT2D eigenvalue weighted by molar-refractivity contribution is 5.85. The lowest BCUT2D eigenvalue weighted by Gasteiger charge is -2.28. The van der Waals surface area contributed by atoms with Gasteiger partial charge in [0.1, 0.15) is 0 Å². The molecule has 1 aromatic carbocycles. The van der Waals surface area contributed by atoms with Gasteiger partial charge in [0.2, 0.25) is 0 Å². The van der Waals surface area contributed by atoms with Crippen molar-refractivity contribution in [2.75, 3.05) is 6.61 Å². The van der Waals surface area contributed by atoms with Crippen molar-refractivity contribution in [2.45, 2.75) is 37.8 Å². The highest BCUT2D eigenvalue weighted by Gasteiger charge is 2.33. The van der Waals surface area contributed by atoms with Crippen LogP contribution in [0.1, 0.15) is 25.7 Å². The molecule has 3 rings (SSSR count). The van der Waals surface area contributed by atoms with Crippen LogP contribution in [0.25, 0.3) is 0 Å². The van der Waals surface area contributed by atoms with E-state index < -0.39 is 0 Å². The largest absolute Gasteiger partial charge is 0.490 e. The molecule has 0 amide bonds. The molecule has 1 N–H and O–H groups in total. The Kier molecular flexibility index (Phi) is 4.46. The fourth-order valence-corrected chi connectivity index (χ4v) is 3.08. The Morgan fingerprint density at radius 3 is 2.50 bits per heavy atom. The molecule has 18 heavy (non-hydrogen) atoms. The maximum absolute atomic E-state index is 13.4. The molecule has 3 atom stereocenters. The summed E-state index contributed by atoms with van der Waals surface area (Å²) in [5, 5.41) is 3.60. The number of fused-ring (bicyclic) bond motifs is 2. The van der Waals surface area contributed by atoms with Gasteiger partial charge in [-0.3, -0.25) is 0 Å². The zero-order valence-electron chi connectivity index (χ0n) is 10.3. The van der Waals surface area contributed by atoms with Gasteiger partial charge in [-0.05, 0) is 43.7 Å². The monoisotopic (exact) mass is 271 g/mol. The minimum absolute atomic E-state index is 0. The normalized spacial score (nSPS) is 29.7. The van der Waals surface area contributed by atoms with Crippen molar-refractivity contribution in [1.29, 1.82) is 0 Å². The third kappa shape index (κ3) is 2.96. The summed E-state index contributed by atoms with van der Waals surface area (Å²) in [5.74, 6) is 0.705. The Balaban J connectivity index is 0.00000120. The van der Waals surface area contributed by atoms with Crippen molar-refractivity contribution in [3.05, 3.63) is 30.1 Å². The predicted octanol–water partition coefficient (Wildman–Crippen LogP) is 3.16. The number of benzene rings is 1. The molecule has 100 valence electrons. The van der Waals surface area contributed by atoms with Crippen LogP contribution in [0.15, 0.2) is 24.3 Å². The molecular formula is C14H19ClFNO. The van der Waals surface area contributed by atoms with Crippen LogP contribution in [0.4, 0.5) is 4.39 Å². The topological polar surface area (TPSA) is 21.3 Å². The number of hydrogen-bond donors (Lipinski definition) is 1. The summed E-state index contributed by atoms with van der Waals surface area (Å²) in [6.07, 6.45) is 4.93. The molecular weight excluding hydrogens is 253 g/mol. The highest BCUT2D eigenvalue weighted by atomic mass is 35.5. The average molecular weight is 272 g/mol. The molecule has 2 bridgehead atoms. The Hall–Kier alpha value is -0.800. The SMILES string of the molecule is Cl.Fc1ccccc1OC[C@H]1C[C@H]2CC[C@@H](C1)N2. The fraction of sp³-hybridized carbons (Fsp3) is 0.571. The van der Waals surface area contributed by atoms with Crippen molar-refractivity contribution in [3.8, 4) is 5.75 Å². The lowest BCUT2D eigenvalue weighted by Crippen LogP contribution is -2.39. The molecule has 2 fully saturated rings. The lowest BCUT2D eigenvalue weighted by atomic mass is 9.93. The first-order valence-electron chi connectivity index (χ1n) is 6.44. The van der Waals surface area contributed by atoms with Gasteiger partial charge in [-0.15, -0.1) is 12.4 Å². The van der Waals surface area contributed by atoms with Gasteiger partial charge in [0.05, 0.1) is 6.61 Å². The molecule has 2 aliphatic rings. The van der Waals surface area contributed by atoms with Crippen LogP contribution in [0.2, 0.25) is 0 Å². The van der Waals surface area contributed by atoms with E-state index in [4.69, 9.17) is 4.74 Å². The summed E-state index contributed by atoms with van der Waals surface area (Å²) >= 11 is 0. The number of piperidine rings is 1. The predicted molar refractivity (Wildman–Crippen MR) is 71.8 cm³/mol. The first-order chi connectivity index (χ1) is 8.31. The van der Waals surface area contributed by atoms with E-state index in [0.29, 0.717) is 30.4 Å². The lowest BCUT2D eigenvalue weighted by molar-refractivity contribution is 0.185. The second kappa shape index (κ2) is 5.89. The second-order valence-electron chi connectivity index (χ2n) is 5.22. The van der Waals surface area contributed by atoms with E-state index >= 15 is 0 Å². The molecule has 0 unspecified atom stereocenters. The van der Waals surface area contributed by atoms with Gasteiger partial charge in [0, 0.05) is 12.1 Å². The number of para-hydroxylation sites is 1. The number of nitrogens with one attached hydrogen (secondary N) is 1. The molecule has 0 spiro atoms. The molecule has 1 aromatic rings. The fourth-order valence-electron chi connectivity index (χ4n) is 3.08. The van der Waals surface area contributed by atoms with Gasteiger partial charge in [-0.2, -0.15) is 0 Å². The summed E-state index contributed by atoms with van der Waals surface area (Å²) in [6.45, 7) is 0.648. The zero-order chi connectivity index (χ0) is 11.7. The van der Waals surface area contributed by atoms with E-state index in [9.17, 15) is 4.39 Å². The van der Waals surface area contributed by atoms with Gasteiger partial charge in [0.15, 0.2) is 11.6 Å². The van der Waals surface area contributed by atoms with Crippen LogP contribution < -0.4 is 10.1 Å². The number of halogens is 2. The Morgan fingerprint density at radius 1 is 1.17 bits per heavy atom. The summed E-state index contributed by atoms with van der Waals surface area (Å²) in [7, 11) is 0. The van der Waals surface area contributed by atoms with Crippen molar-refractivity contribution in [2.24, 2.45) is 5.92 Å². The van der Waals surface area contributed by atoms with E-state index in [2.05, 4.69) is 5.32 Å². The van der Waals surface area contributed by atoms with Gasteiger partial charge >= 0.3 is 0 Å². The standard InChI is InChI=1S/C14H18FNO.ClH/c15-13-3-1-2-4-14(13)17-9-10-7-11-5-6-12(8-10)16-11;/h1-4,10-12,16H,5-9H2;1H/t10-,11+,12-;. The Morgan fingerprint density at radius 2 is 1.83 bits per heavy atom. The molecule has 0 aliphatic carbocycles. The Labute approximate surface area is 113 Å². The number of hydrogen-bond acceptors (Lipinski definition) is 2. The first-order valence-corrected chi connectivity index (χ1v) is 6.44. The van der Waals surface area contributed by atoms with Crippen molar-refractivity contribution >= 4 is 12.4 Å². The number of rotatable bonds is 3. The Bertz CT molecular complexity index is 389. The van der Waals surface area contributed by atoms with E-state index in [0.717, 1.165) is 0 Å². The minimum Gasteiger partial charge on any atom is -0.490 e. The van der Waals surface area contributed by atoms with Crippen LogP contribution in [-0.2, 0) is 0 Å². The highest BCUT2D eigenvalue weighted by Crippen LogP contribution is 2.31. The smallest absolute Gasteiger partial charge is 0.165 e.